The molecule has 2 rings (SSSR count). The van der Waals surface area contributed by atoms with Crippen molar-refractivity contribution in [2.24, 2.45) is 57.2 Å². The van der Waals surface area contributed by atoms with Gasteiger partial charge >= 0.3 is 157 Å². The molecule has 2 heterocycles. The molecule has 1 aliphatic rings. The van der Waals surface area contributed by atoms with Crippen molar-refractivity contribution in [1.82, 2.24) is 41.6 Å². The van der Waals surface area contributed by atoms with E-state index in [2.05, 4.69) is 132 Å². The Labute approximate surface area is 659 Å². The van der Waals surface area contributed by atoms with Crippen LogP contribution in [0.2, 0.25) is 16.5 Å². The minimum absolute atomic E-state index is 0.0256. The first-order valence-corrected chi connectivity index (χ1v) is 37.9. The second-order valence-electron chi connectivity index (χ2n) is 22.3. The second kappa shape index (κ2) is 66.1. The zero-order valence-electron chi connectivity index (χ0n) is 60.0. The topological polar surface area (TPSA) is 764 Å². The number of nitrogens with zero attached hydrogens (tertiary/aromatic N) is 4. The maximum absolute atomic E-state index is 11.5. The quantitative estimate of drug-likeness (QED) is 0.0126. The molecule has 5 amide bonds. The number of imidazole rings is 1. The zero-order valence-corrected chi connectivity index (χ0v) is 68.0. The molecule has 0 radical (unpaired) electrons. The van der Waals surface area contributed by atoms with E-state index in [4.69, 9.17) is 96.0 Å². The van der Waals surface area contributed by atoms with Crippen LogP contribution in [0.1, 0.15) is 85.8 Å². The number of aromatic nitrogens is 2. The number of amides is 5. The van der Waals surface area contributed by atoms with Gasteiger partial charge in [0.2, 0.25) is 29.5 Å². The first-order chi connectivity index (χ1) is 49.3. The molecular weight excluding hydrogens is 1660 g/mol. The Balaban J connectivity index is -0.000000215. The number of nitrogens with two attached hydrogens (primary N) is 7. The van der Waals surface area contributed by atoms with E-state index in [0.717, 1.165) is 11.0 Å². The number of hydrogen-bond acceptors (Lipinski definition) is 32. The van der Waals surface area contributed by atoms with Gasteiger partial charge in [-0.2, -0.15) is 68.6 Å². The summed E-state index contributed by atoms with van der Waals surface area (Å²) in [6.07, 6.45) is 6.32. The number of thiol groups is 5. The third-order valence-corrected chi connectivity index (χ3v) is 15.6. The maximum atomic E-state index is 11.5. The van der Waals surface area contributed by atoms with Gasteiger partial charge in [0.15, 0.2) is 0 Å². The number of carboxylic acids is 10. The van der Waals surface area contributed by atoms with Gasteiger partial charge in [0.05, 0.1) is 19.5 Å². The van der Waals surface area contributed by atoms with Crippen LogP contribution in [0.15, 0.2) is 22.5 Å². The van der Waals surface area contributed by atoms with Crippen LogP contribution in [0.25, 0.3) is 0 Å². The summed E-state index contributed by atoms with van der Waals surface area (Å²) in [4.78, 5) is 175. The molecule has 50 heteroatoms. The van der Waals surface area contributed by atoms with Gasteiger partial charge in [0.25, 0.3) is 0 Å². The number of rotatable bonds is 39. The minimum Gasteiger partial charge on any atom is -0.480 e. The third-order valence-electron chi connectivity index (χ3n) is 11.8. The van der Waals surface area contributed by atoms with Crippen molar-refractivity contribution in [3.8, 4) is 0 Å². The second-order valence-corrected chi connectivity index (χ2v) is 28.5. The van der Waals surface area contributed by atoms with E-state index in [-0.39, 0.29) is 67.2 Å². The van der Waals surface area contributed by atoms with Gasteiger partial charge in [-0.15, -0.1) is 0 Å². The summed E-state index contributed by atoms with van der Waals surface area (Å²) in [6.45, 7) is 10.1. The fourth-order valence-electron chi connectivity index (χ4n) is 5.70. The molecule has 0 saturated heterocycles. The van der Waals surface area contributed by atoms with E-state index in [1.54, 1.807) is 44.8 Å². The summed E-state index contributed by atoms with van der Waals surface area (Å²) >= 11 is 22.0. The van der Waals surface area contributed by atoms with Crippen molar-refractivity contribution in [2.75, 3.05) is 50.0 Å². The number of carboxylic acid groups (broad SMARTS) is 10. The van der Waals surface area contributed by atoms with Crippen LogP contribution in [0.3, 0.4) is 0 Å². The summed E-state index contributed by atoms with van der Waals surface area (Å²) in [7, 11) is 1.82. The predicted molar refractivity (Wildman–Crippen MR) is 411 cm³/mol. The molecule has 0 aliphatic carbocycles. The van der Waals surface area contributed by atoms with Crippen molar-refractivity contribution in [2.45, 2.75) is 173 Å². The number of carbonyl (C=O) groups excluding carboxylic acids is 5. The molecule has 0 bridgehead atoms. The van der Waals surface area contributed by atoms with Crippen LogP contribution in [0.4, 0.5) is 0 Å². The van der Waals surface area contributed by atoms with Crippen molar-refractivity contribution < 1.29 is 128 Å². The first-order valence-electron chi connectivity index (χ1n) is 30.9. The van der Waals surface area contributed by atoms with Gasteiger partial charge in [-0.3, -0.25) is 52.9 Å². The van der Waals surface area contributed by atoms with Crippen LogP contribution >= 0.6 is 63.1 Å². The average Bonchev–Trinajstić information content (AvgIpc) is 1.81. The van der Waals surface area contributed by atoms with Crippen LogP contribution < -0.4 is 72.2 Å². The molecule has 43 nitrogen and oxygen atoms in total. The van der Waals surface area contributed by atoms with Crippen molar-refractivity contribution in [3.05, 3.63) is 18.2 Å². The number of hydroxylamine groups is 1. The fourth-order valence-corrected chi connectivity index (χ4v) is 8.00. The van der Waals surface area contributed by atoms with E-state index < -0.39 is 148 Å². The molecule has 10 atom stereocenters. The largest absolute Gasteiger partial charge is 0.480 e. The van der Waals surface area contributed by atoms with Gasteiger partial charge in [-0.05, 0) is 47.1 Å². The Kier molecular flexibility index (Phi) is 70.0. The summed E-state index contributed by atoms with van der Waals surface area (Å²) < 4.78 is 0.362. The van der Waals surface area contributed by atoms with Crippen molar-refractivity contribution >= 4 is 195 Å². The van der Waals surface area contributed by atoms with Gasteiger partial charge in [0, 0.05) is 97.5 Å². The molecule has 1 aromatic heterocycles. The number of carbonyl (C=O) groups is 15. The summed E-state index contributed by atoms with van der Waals surface area (Å²) in [5, 5.41) is 97.3. The Bertz CT molecular complexity index is 2920. The van der Waals surface area contributed by atoms with Crippen LogP contribution in [-0.2, 0) is 90.2 Å². The molecule has 0 fully saturated rings. The van der Waals surface area contributed by atoms with Gasteiger partial charge < -0.3 is 106 Å². The SMILES string of the molecule is CC(=O)NC(C(=O)O)C(C)(C)S.CC(=O)NC(CS)C(=O)O.CC(C)(S)C(N)C(=O)O.C[Se]CCC(N)C(=O)O.Cn1cncc1CC(NOCCCN)C(=O)O.NC(CS)C(=O)O.NC(C[SeH])C(=O)O.NCCC(=O)NC(CC1=NC=NC1)C(=O)O.N[C@@H](CCC(=O)NC(CS)C(=O)NCC(=O)O)C(=O)O. The molecule has 107 heavy (non-hydrogen) atoms. The van der Waals surface area contributed by atoms with Gasteiger partial charge in [-0.1, -0.05) is 0 Å². The fraction of sp³-hybridized carbons (Fsp3) is 0.649. The number of aryl methyl sites for hydroxylation is 1. The van der Waals surface area contributed by atoms with Crippen molar-refractivity contribution in [3.63, 3.8) is 0 Å². The number of aliphatic imine (C=N–C) groups is 2. The molecule has 1 aliphatic heterocycles. The number of hydrogen-bond donors (Lipinski definition) is 28. The third kappa shape index (κ3) is 68.1. The maximum Gasteiger partial charge on any atom is 0.326 e. The van der Waals surface area contributed by atoms with Crippen molar-refractivity contribution in [1.29, 1.82) is 0 Å². The van der Waals surface area contributed by atoms with Gasteiger partial charge in [-0.25, -0.2) is 24.4 Å². The van der Waals surface area contributed by atoms with E-state index >= 15 is 0 Å². The van der Waals surface area contributed by atoms with E-state index in [0.29, 0.717) is 64.9 Å². The monoisotopic (exact) mass is 1770 g/mol. The smallest absolute Gasteiger partial charge is 0.326 e. The molecule has 0 spiro atoms. The predicted octanol–water partition coefficient (Wildman–Crippen LogP) is -6.24. The normalized spacial score (nSPS) is 13.6. The van der Waals surface area contributed by atoms with E-state index in [1.807, 2.05) is 7.05 Å². The molecule has 30 N–H and O–H groups in total. The Morgan fingerprint density at radius 3 is 1.36 bits per heavy atom. The summed E-state index contributed by atoms with van der Waals surface area (Å²) in [5.74, 6) is -10.5. The van der Waals surface area contributed by atoms with E-state index in [1.165, 1.54) is 20.2 Å². The Hall–Kier alpha value is -6.97. The number of aliphatic carboxylic acids is 10. The molecule has 618 valence electrons. The molecule has 0 aromatic carbocycles. The Morgan fingerprint density at radius 2 is 1.07 bits per heavy atom. The average molecular weight is 1760 g/mol. The minimum atomic E-state index is -1.22. The zero-order chi connectivity index (χ0) is 85.1. The molecule has 0 saturated carbocycles. The van der Waals surface area contributed by atoms with Crippen LogP contribution in [0, 0.1) is 0 Å². The van der Waals surface area contributed by atoms with Gasteiger partial charge in [0.1, 0.15) is 61.2 Å². The van der Waals surface area contributed by atoms with E-state index in [9.17, 15) is 71.9 Å². The van der Waals surface area contributed by atoms with Crippen LogP contribution in [-0.4, -0.2) is 313 Å². The molecular formula is C57H107N17O26S5Se2. The number of nitrogens with one attached hydrogen (secondary N) is 6. The standard InChI is InChI=1S/C10H18N4O3.C10H17N3O6S.C9H14N4O3.C7H13NO3S.C5H9NO3S.C5H11NO2S.C5H11NO2Se.C3H7NO2S.C3H7NO2Se/c1-14-7-12-6-8(14)5-9(10(15)16)13-17-4-2-3-11;11-5(10(18)19)1-2-7(14)13-6(4-20)9(17)12-3-8(15)16;10-2-1-8(14)13-7(9(15)16)3-6-4-11-5-12-6;1-4(9)8-5(6(10)11)7(2,3)12;1-3(7)6-4(2-10)5(8)9;1-5(2,9)3(6)4(7)8;1-9-3-2-4(6)5(7)8;2*4-2(1-7)3(5)6/h6-7,9,13H,2-5,11H2,1H3,(H,15,16);5-6,20H,1-4,11H2,(H,12,17)(H,13,14)(H,15,16)(H,18,19);5,7H,1-4,10H2,(H,13,14)(H,15,16);5,12H,1-3H3,(H,8,9)(H,10,11);4,10H,2H2,1H3,(H,6,7)(H,8,9);3,9H,6H2,1-2H3,(H,7,8);4H,2-3,6H2,1H3,(H,7,8);2*2,7H,1,4H2,(H,5,6)/t;5-,6?;;;;;;;/m.0......./s1. The summed E-state index contributed by atoms with van der Waals surface area (Å²) in [5.41, 5.74) is 40.1. The summed E-state index contributed by atoms with van der Waals surface area (Å²) in [6, 6.07) is -8.81. The first kappa shape index (κ1) is 113. The van der Waals surface area contributed by atoms with Crippen LogP contribution in [0.5, 0.6) is 0 Å². The molecule has 1 aromatic rings. The molecule has 9 unspecified atom stereocenters. The Morgan fingerprint density at radius 1 is 0.598 bits per heavy atom.